The number of carbonyl (C=O) groups is 1. The van der Waals surface area contributed by atoms with E-state index in [9.17, 15) is 10.1 Å². The first kappa shape index (κ1) is 19.3. The minimum absolute atomic E-state index is 0.00445. The molecule has 1 unspecified atom stereocenters. The van der Waals surface area contributed by atoms with Gasteiger partial charge < -0.3 is 5.32 Å². The van der Waals surface area contributed by atoms with E-state index in [4.69, 9.17) is 11.6 Å². The molecule has 1 aromatic carbocycles. The van der Waals surface area contributed by atoms with Crippen molar-refractivity contribution in [3.8, 4) is 11.8 Å². The van der Waals surface area contributed by atoms with Crippen molar-refractivity contribution in [1.82, 2.24) is 20.1 Å². The molecule has 0 bridgehead atoms. The lowest BCUT2D eigenvalue weighted by Gasteiger charge is -2.27. The highest BCUT2D eigenvalue weighted by atomic mass is 35.5. The van der Waals surface area contributed by atoms with Crippen molar-refractivity contribution >= 4 is 29.3 Å². The molecule has 0 aliphatic carbocycles. The number of hydrogen-bond acceptors (Lipinski definition) is 5. The van der Waals surface area contributed by atoms with E-state index in [2.05, 4.69) is 21.6 Å². The van der Waals surface area contributed by atoms with Crippen molar-refractivity contribution in [2.24, 2.45) is 5.92 Å². The summed E-state index contributed by atoms with van der Waals surface area (Å²) in [6.45, 7) is 7.44. The average molecular weight is 378 g/mol. The molecule has 0 saturated carbocycles. The van der Waals surface area contributed by atoms with Gasteiger partial charge in [0, 0.05) is 5.02 Å². The van der Waals surface area contributed by atoms with E-state index in [-0.39, 0.29) is 17.6 Å². The minimum Gasteiger partial charge on any atom is -0.337 e. The highest BCUT2D eigenvalue weighted by molar-refractivity contribution is 7.99. The zero-order valence-corrected chi connectivity index (χ0v) is 16.1. The number of amides is 1. The maximum atomic E-state index is 12.2. The van der Waals surface area contributed by atoms with Crippen LogP contribution < -0.4 is 5.32 Å². The Morgan fingerprint density at radius 3 is 2.84 bits per heavy atom. The first-order valence-corrected chi connectivity index (χ1v) is 9.15. The van der Waals surface area contributed by atoms with Gasteiger partial charge in [-0.05, 0) is 37.5 Å². The number of rotatable bonds is 6. The van der Waals surface area contributed by atoms with E-state index in [0.717, 1.165) is 11.3 Å². The van der Waals surface area contributed by atoms with Crippen LogP contribution in [0.4, 0.5) is 0 Å². The van der Waals surface area contributed by atoms with Gasteiger partial charge in [0.25, 0.3) is 0 Å². The molecule has 0 fully saturated rings. The zero-order valence-electron chi connectivity index (χ0n) is 14.6. The molecule has 0 aliphatic rings. The quantitative estimate of drug-likeness (QED) is 0.780. The van der Waals surface area contributed by atoms with E-state index < -0.39 is 5.54 Å². The summed E-state index contributed by atoms with van der Waals surface area (Å²) in [6, 6.07) is 7.82. The molecule has 2 aromatic rings. The fourth-order valence-corrected chi connectivity index (χ4v) is 2.89. The average Bonchev–Trinajstić information content (AvgIpc) is 3.03. The van der Waals surface area contributed by atoms with Gasteiger partial charge in [0.15, 0.2) is 5.16 Å². The zero-order chi connectivity index (χ0) is 18.6. The number of nitrogens with zero attached hydrogens (tertiary/aromatic N) is 4. The molecule has 0 spiro atoms. The van der Waals surface area contributed by atoms with Crippen LogP contribution in [0.5, 0.6) is 0 Å². The molecule has 0 aliphatic heterocycles. The smallest absolute Gasteiger partial charge is 0.231 e. The van der Waals surface area contributed by atoms with Crippen molar-refractivity contribution in [2.45, 2.75) is 38.4 Å². The number of hydrogen-bond donors (Lipinski definition) is 1. The summed E-state index contributed by atoms with van der Waals surface area (Å²) in [5.74, 6) is -0.0773. The lowest BCUT2D eigenvalue weighted by molar-refractivity contribution is -0.120. The lowest BCUT2D eigenvalue weighted by atomic mass is 9.90. The highest BCUT2D eigenvalue weighted by Crippen LogP contribution is 2.24. The fraction of sp³-hybridized carbons (Fsp3) is 0.412. The first-order chi connectivity index (χ1) is 11.8. The van der Waals surface area contributed by atoms with Crippen molar-refractivity contribution in [2.75, 3.05) is 5.75 Å². The van der Waals surface area contributed by atoms with E-state index in [1.54, 1.807) is 17.8 Å². The van der Waals surface area contributed by atoms with Crippen LogP contribution in [0.2, 0.25) is 5.02 Å². The van der Waals surface area contributed by atoms with Crippen LogP contribution in [0.15, 0.2) is 29.7 Å². The van der Waals surface area contributed by atoms with Gasteiger partial charge in [-0.15, -0.1) is 10.2 Å². The van der Waals surface area contributed by atoms with Gasteiger partial charge in [-0.1, -0.05) is 43.3 Å². The predicted molar refractivity (Wildman–Crippen MR) is 98.8 cm³/mol. The molecule has 0 saturated heterocycles. The Hall–Kier alpha value is -2.04. The number of aromatic nitrogens is 3. The van der Waals surface area contributed by atoms with Crippen LogP contribution in [0.25, 0.3) is 5.69 Å². The molecule has 1 aromatic heterocycles. The second-order valence-electron chi connectivity index (χ2n) is 6.22. The van der Waals surface area contributed by atoms with E-state index >= 15 is 0 Å². The van der Waals surface area contributed by atoms with Crippen LogP contribution in [0, 0.1) is 24.2 Å². The third kappa shape index (κ3) is 4.53. The summed E-state index contributed by atoms with van der Waals surface area (Å²) in [6.07, 6.45) is 1.58. The highest BCUT2D eigenvalue weighted by Gasteiger charge is 2.30. The van der Waals surface area contributed by atoms with E-state index in [0.29, 0.717) is 10.2 Å². The van der Waals surface area contributed by atoms with Gasteiger partial charge in [0.2, 0.25) is 5.91 Å². The Morgan fingerprint density at radius 2 is 2.24 bits per heavy atom. The third-order valence-corrected chi connectivity index (χ3v) is 5.42. The largest absolute Gasteiger partial charge is 0.337 e. The van der Waals surface area contributed by atoms with E-state index in [1.165, 1.54) is 11.8 Å². The van der Waals surface area contributed by atoms with Gasteiger partial charge in [-0.2, -0.15) is 5.26 Å². The maximum Gasteiger partial charge on any atom is 0.231 e. The number of thioether (sulfide) groups is 1. The van der Waals surface area contributed by atoms with Gasteiger partial charge in [0.1, 0.15) is 11.9 Å². The summed E-state index contributed by atoms with van der Waals surface area (Å²) in [7, 11) is 0. The molecule has 8 heteroatoms. The molecule has 2 rings (SSSR count). The summed E-state index contributed by atoms with van der Waals surface area (Å²) in [5, 5.41) is 21.3. The SMILES string of the molecule is Cc1ccc(-n2cnnc2SCC(=O)NC(C)(C#N)C(C)C)cc1Cl. The van der Waals surface area contributed by atoms with Crippen LogP contribution in [-0.4, -0.2) is 32.0 Å². The number of nitrogens with one attached hydrogen (secondary N) is 1. The molecule has 1 amide bonds. The van der Waals surface area contributed by atoms with Gasteiger partial charge in [-0.25, -0.2) is 0 Å². The minimum atomic E-state index is -0.893. The fourth-order valence-electron chi connectivity index (χ4n) is 1.99. The van der Waals surface area contributed by atoms with Gasteiger partial charge in [0.05, 0.1) is 17.5 Å². The van der Waals surface area contributed by atoms with Crippen molar-refractivity contribution in [3.63, 3.8) is 0 Å². The Kier molecular flexibility index (Phi) is 6.09. The third-order valence-electron chi connectivity index (χ3n) is 4.07. The summed E-state index contributed by atoms with van der Waals surface area (Å²) in [5.41, 5.74) is 0.916. The topological polar surface area (TPSA) is 83.6 Å². The normalized spacial score (nSPS) is 13.3. The standard InChI is InChI=1S/C17H20ClN5OS/c1-11(2)17(4,9-19)21-15(24)8-25-16-22-20-10-23(16)13-6-5-12(3)14(18)7-13/h5-7,10-11H,8H2,1-4H3,(H,21,24). The van der Waals surface area contributed by atoms with Gasteiger partial charge in [-0.3, -0.25) is 9.36 Å². The monoisotopic (exact) mass is 377 g/mol. The van der Waals surface area contributed by atoms with E-state index in [1.807, 2.05) is 39.0 Å². The van der Waals surface area contributed by atoms with Crippen molar-refractivity contribution in [1.29, 1.82) is 5.26 Å². The Bertz CT molecular complexity index is 814. The molecule has 25 heavy (non-hydrogen) atoms. The molecule has 132 valence electrons. The second-order valence-corrected chi connectivity index (χ2v) is 7.57. The Balaban J connectivity index is 2.08. The number of benzene rings is 1. The lowest BCUT2D eigenvalue weighted by Crippen LogP contribution is -2.49. The summed E-state index contributed by atoms with van der Waals surface area (Å²) < 4.78 is 1.77. The van der Waals surface area contributed by atoms with Crippen LogP contribution >= 0.6 is 23.4 Å². The number of carbonyl (C=O) groups excluding carboxylic acids is 1. The molecule has 1 atom stereocenters. The first-order valence-electron chi connectivity index (χ1n) is 7.78. The van der Waals surface area contributed by atoms with Crippen LogP contribution in [-0.2, 0) is 4.79 Å². The number of aryl methyl sites for hydroxylation is 1. The van der Waals surface area contributed by atoms with Crippen molar-refractivity contribution < 1.29 is 4.79 Å². The predicted octanol–water partition coefficient (Wildman–Crippen LogP) is 3.38. The van der Waals surface area contributed by atoms with Crippen LogP contribution in [0.1, 0.15) is 26.3 Å². The summed E-state index contributed by atoms with van der Waals surface area (Å²) >= 11 is 7.43. The molecule has 0 radical (unpaired) electrons. The molecular weight excluding hydrogens is 358 g/mol. The Morgan fingerprint density at radius 1 is 1.52 bits per heavy atom. The van der Waals surface area contributed by atoms with Crippen LogP contribution in [0.3, 0.4) is 0 Å². The van der Waals surface area contributed by atoms with Crippen molar-refractivity contribution in [3.05, 3.63) is 35.1 Å². The molecule has 1 N–H and O–H groups in total. The molecule has 6 nitrogen and oxygen atoms in total. The second kappa shape index (κ2) is 7.89. The Labute approximate surface area is 156 Å². The molecule has 1 heterocycles. The number of halogens is 1. The molecular formula is C17H20ClN5OS. The number of nitriles is 1. The van der Waals surface area contributed by atoms with Gasteiger partial charge >= 0.3 is 0 Å². The summed E-state index contributed by atoms with van der Waals surface area (Å²) in [4.78, 5) is 12.2. The maximum absolute atomic E-state index is 12.2.